The first-order valence-electron chi connectivity index (χ1n) is 11.0. The lowest BCUT2D eigenvalue weighted by molar-refractivity contribution is -0.146. The fourth-order valence-corrected chi connectivity index (χ4v) is 5.99. The van der Waals surface area contributed by atoms with Crippen LogP contribution in [-0.2, 0) is 16.1 Å². The second kappa shape index (κ2) is 9.09. The Balaban J connectivity index is 1.36. The molecule has 3 aliphatic rings. The maximum Gasteiger partial charge on any atom is 0.246 e. The Kier molecular flexibility index (Phi) is 6.50. The van der Waals surface area contributed by atoms with E-state index in [1.807, 2.05) is 15.9 Å². The van der Waals surface area contributed by atoms with E-state index in [0.717, 1.165) is 57.7 Å². The third-order valence-electron chi connectivity index (χ3n) is 6.16. The summed E-state index contributed by atoms with van der Waals surface area (Å²) < 4.78 is 0. The van der Waals surface area contributed by atoms with Crippen LogP contribution in [0.4, 0.5) is 0 Å². The van der Waals surface area contributed by atoms with Crippen LogP contribution in [0.2, 0.25) is 0 Å². The molecule has 4 rings (SSSR count). The van der Waals surface area contributed by atoms with Crippen molar-refractivity contribution in [2.45, 2.75) is 51.1 Å². The predicted octanol–water partition coefficient (Wildman–Crippen LogP) is 3.06. The van der Waals surface area contributed by atoms with E-state index in [4.69, 9.17) is 0 Å². The minimum Gasteiger partial charge on any atom is -0.338 e. The minimum absolute atomic E-state index is 0.163. The summed E-state index contributed by atoms with van der Waals surface area (Å²) in [5.41, 5.74) is 1.32. The fraction of sp³-hybridized carbons (Fsp3) is 0.652. The van der Waals surface area contributed by atoms with Crippen LogP contribution in [0, 0.1) is 11.8 Å². The molecule has 3 fully saturated rings. The Bertz CT molecular complexity index is 714. The van der Waals surface area contributed by atoms with E-state index >= 15 is 0 Å². The van der Waals surface area contributed by atoms with Gasteiger partial charge in [-0.1, -0.05) is 44.2 Å². The summed E-state index contributed by atoms with van der Waals surface area (Å²) in [5.74, 6) is 1.83. The lowest BCUT2D eigenvalue weighted by atomic mass is 10.1. The molecule has 1 aromatic carbocycles. The molecule has 29 heavy (non-hydrogen) atoms. The monoisotopic (exact) mass is 415 g/mol. The Morgan fingerprint density at radius 3 is 2.34 bits per heavy atom. The summed E-state index contributed by atoms with van der Waals surface area (Å²) in [5, 5.41) is 0.163. The standard InChI is InChI=1S/C23H33N3O2S/c1-17(2)14-21-26(22(27)19-8-9-19)20(16-29-21)23(28)25-12-10-24(11-13-25)15-18-6-4-3-5-7-18/h3-7,17,19-21H,8-16H2,1-2H3. The highest BCUT2D eigenvalue weighted by molar-refractivity contribution is 8.00. The van der Waals surface area contributed by atoms with Gasteiger partial charge in [0.25, 0.3) is 0 Å². The SMILES string of the molecule is CC(C)CC1SCC(C(=O)N2CCN(Cc3ccccc3)CC2)N1C(=O)C1CC1. The van der Waals surface area contributed by atoms with Crippen LogP contribution in [0.3, 0.4) is 0 Å². The molecule has 0 bridgehead atoms. The number of nitrogens with zero attached hydrogens (tertiary/aromatic N) is 3. The van der Waals surface area contributed by atoms with E-state index < -0.39 is 0 Å². The van der Waals surface area contributed by atoms with E-state index in [9.17, 15) is 9.59 Å². The average Bonchev–Trinajstić information content (AvgIpc) is 3.49. The maximum atomic E-state index is 13.4. The van der Waals surface area contributed by atoms with Crippen LogP contribution in [0.25, 0.3) is 0 Å². The van der Waals surface area contributed by atoms with Crippen molar-refractivity contribution in [3.05, 3.63) is 35.9 Å². The van der Waals surface area contributed by atoms with E-state index in [1.165, 1.54) is 5.56 Å². The summed E-state index contributed by atoms with van der Waals surface area (Å²) in [6.07, 6.45) is 2.96. The molecule has 5 nitrogen and oxygen atoms in total. The number of thioether (sulfide) groups is 1. The first-order chi connectivity index (χ1) is 14.0. The van der Waals surface area contributed by atoms with Gasteiger partial charge >= 0.3 is 0 Å². The zero-order valence-electron chi connectivity index (χ0n) is 17.6. The molecule has 0 N–H and O–H groups in total. The van der Waals surface area contributed by atoms with Gasteiger partial charge in [-0.2, -0.15) is 0 Å². The Labute approximate surface area is 178 Å². The summed E-state index contributed by atoms with van der Waals surface area (Å²) in [4.78, 5) is 32.7. The Morgan fingerprint density at radius 2 is 1.72 bits per heavy atom. The highest BCUT2D eigenvalue weighted by Crippen LogP contribution is 2.40. The highest BCUT2D eigenvalue weighted by Gasteiger charge is 2.47. The lowest BCUT2D eigenvalue weighted by Crippen LogP contribution is -2.56. The number of benzene rings is 1. The van der Waals surface area contributed by atoms with Crippen molar-refractivity contribution in [2.75, 3.05) is 31.9 Å². The van der Waals surface area contributed by atoms with Crippen LogP contribution in [0.15, 0.2) is 30.3 Å². The zero-order valence-corrected chi connectivity index (χ0v) is 18.4. The van der Waals surface area contributed by atoms with E-state index in [2.05, 4.69) is 43.0 Å². The molecule has 2 aliphatic heterocycles. The number of carbonyl (C=O) groups is 2. The number of hydrogen-bond donors (Lipinski definition) is 0. The molecule has 1 aromatic rings. The Morgan fingerprint density at radius 1 is 1.03 bits per heavy atom. The van der Waals surface area contributed by atoms with Crippen molar-refractivity contribution >= 4 is 23.6 Å². The van der Waals surface area contributed by atoms with Gasteiger partial charge in [-0.15, -0.1) is 11.8 Å². The topological polar surface area (TPSA) is 43.9 Å². The third kappa shape index (κ3) is 4.97. The lowest BCUT2D eigenvalue weighted by Gasteiger charge is -2.38. The summed E-state index contributed by atoms with van der Waals surface area (Å²) >= 11 is 1.80. The molecule has 6 heteroatoms. The quantitative estimate of drug-likeness (QED) is 0.716. The minimum atomic E-state index is -0.266. The smallest absolute Gasteiger partial charge is 0.246 e. The van der Waals surface area contributed by atoms with Gasteiger partial charge in [0.2, 0.25) is 11.8 Å². The van der Waals surface area contributed by atoms with Crippen LogP contribution < -0.4 is 0 Å². The molecule has 0 spiro atoms. The van der Waals surface area contributed by atoms with Crippen molar-refractivity contribution in [2.24, 2.45) is 11.8 Å². The summed E-state index contributed by atoms with van der Waals surface area (Å²) in [6, 6.07) is 10.2. The molecule has 0 radical (unpaired) electrons. The van der Waals surface area contributed by atoms with Gasteiger partial charge in [-0.3, -0.25) is 14.5 Å². The largest absolute Gasteiger partial charge is 0.338 e. The van der Waals surface area contributed by atoms with Gasteiger partial charge in [0.05, 0.1) is 5.37 Å². The third-order valence-corrected chi connectivity index (χ3v) is 7.48. The van der Waals surface area contributed by atoms with Gasteiger partial charge in [0, 0.05) is 44.4 Å². The van der Waals surface area contributed by atoms with Crippen molar-refractivity contribution in [1.29, 1.82) is 0 Å². The maximum absolute atomic E-state index is 13.4. The summed E-state index contributed by atoms with van der Waals surface area (Å²) in [6.45, 7) is 8.63. The van der Waals surface area contributed by atoms with Gasteiger partial charge in [-0.25, -0.2) is 0 Å². The number of rotatable bonds is 6. The molecule has 1 saturated carbocycles. The molecule has 1 aliphatic carbocycles. The van der Waals surface area contributed by atoms with Gasteiger partial charge in [0.15, 0.2) is 0 Å². The Hall–Kier alpha value is -1.53. The summed E-state index contributed by atoms with van der Waals surface area (Å²) in [7, 11) is 0. The second-order valence-electron chi connectivity index (χ2n) is 9.04. The molecule has 2 amide bonds. The van der Waals surface area contributed by atoms with Crippen molar-refractivity contribution in [3.63, 3.8) is 0 Å². The highest BCUT2D eigenvalue weighted by atomic mass is 32.2. The number of amides is 2. The molecule has 2 saturated heterocycles. The van der Waals surface area contributed by atoms with Crippen LogP contribution in [0.1, 0.15) is 38.7 Å². The molecule has 2 atom stereocenters. The number of carbonyl (C=O) groups excluding carboxylic acids is 2. The molecule has 2 unspecified atom stereocenters. The van der Waals surface area contributed by atoms with Crippen molar-refractivity contribution < 1.29 is 9.59 Å². The first-order valence-corrected chi connectivity index (χ1v) is 12.1. The van der Waals surface area contributed by atoms with Gasteiger partial charge in [-0.05, 0) is 30.7 Å². The van der Waals surface area contributed by atoms with Gasteiger partial charge < -0.3 is 9.80 Å². The van der Waals surface area contributed by atoms with Crippen molar-refractivity contribution in [3.8, 4) is 0 Å². The van der Waals surface area contributed by atoms with E-state index in [0.29, 0.717) is 5.92 Å². The fourth-order valence-electron chi connectivity index (χ4n) is 4.35. The average molecular weight is 416 g/mol. The van der Waals surface area contributed by atoms with Crippen LogP contribution >= 0.6 is 11.8 Å². The van der Waals surface area contributed by atoms with Crippen LogP contribution in [0.5, 0.6) is 0 Å². The second-order valence-corrected chi connectivity index (χ2v) is 10.3. The molecule has 2 heterocycles. The van der Waals surface area contributed by atoms with E-state index in [-0.39, 0.29) is 29.1 Å². The normalized spacial score (nSPS) is 25.6. The predicted molar refractivity (Wildman–Crippen MR) is 117 cm³/mol. The van der Waals surface area contributed by atoms with Gasteiger partial charge in [0.1, 0.15) is 6.04 Å². The van der Waals surface area contributed by atoms with E-state index in [1.54, 1.807) is 11.8 Å². The molecule has 158 valence electrons. The number of piperazine rings is 1. The molecular weight excluding hydrogens is 382 g/mol. The first kappa shape index (κ1) is 20.7. The zero-order chi connectivity index (χ0) is 20.4. The van der Waals surface area contributed by atoms with Crippen molar-refractivity contribution in [1.82, 2.24) is 14.7 Å². The number of hydrogen-bond acceptors (Lipinski definition) is 4. The molecular formula is C23H33N3O2S. The van der Waals surface area contributed by atoms with Crippen LogP contribution in [-0.4, -0.2) is 69.9 Å². The molecule has 0 aromatic heterocycles.